The molecule has 9 heteroatoms. The van der Waals surface area contributed by atoms with Crippen molar-refractivity contribution in [2.24, 2.45) is 0 Å². The topological polar surface area (TPSA) is 78.8 Å². The maximum Gasteiger partial charge on any atom is 0.181 e. The van der Waals surface area contributed by atoms with Crippen LogP contribution in [0.15, 0.2) is 47.5 Å². The number of benzene rings is 2. The number of aromatic amines is 1. The quantitative estimate of drug-likeness (QED) is 0.629. The number of aryl methyl sites for hydroxylation is 1. The van der Waals surface area contributed by atoms with Crippen LogP contribution in [0.4, 0.5) is 8.78 Å². The van der Waals surface area contributed by atoms with E-state index in [0.29, 0.717) is 17.0 Å². The lowest BCUT2D eigenvalue weighted by atomic mass is 10.1. The van der Waals surface area contributed by atoms with Crippen LogP contribution in [0.3, 0.4) is 0 Å². The van der Waals surface area contributed by atoms with Gasteiger partial charge in [-0.15, -0.1) is 0 Å². The molecule has 0 fully saturated rings. The molecule has 0 aliphatic rings. The molecule has 3 rings (SSSR count). The van der Waals surface area contributed by atoms with E-state index in [4.69, 9.17) is 21.1 Å². The maximum atomic E-state index is 13.6. The number of rotatable bonds is 5. The van der Waals surface area contributed by atoms with Crippen molar-refractivity contribution in [3.8, 4) is 5.75 Å². The number of imidazole rings is 1. The second-order valence-corrected chi connectivity index (χ2v) is 8.50. The Hall–Kier alpha value is -2.45. The lowest BCUT2D eigenvalue weighted by molar-refractivity contribution is 0.237. The molecule has 2 aromatic carbocycles. The van der Waals surface area contributed by atoms with Gasteiger partial charge >= 0.3 is 0 Å². The van der Waals surface area contributed by atoms with E-state index in [-0.39, 0.29) is 15.9 Å². The van der Waals surface area contributed by atoms with Crippen molar-refractivity contribution >= 4 is 21.3 Å². The molecule has 0 radical (unpaired) electrons. The Bertz CT molecular complexity index is 1080. The summed E-state index contributed by atoms with van der Waals surface area (Å²) in [6, 6.07) is 9.44. The first-order chi connectivity index (χ1) is 12.6. The van der Waals surface area contributed by atoms with Gasteiger partial charge in [-0.25, -0.2) is 22.8 Å². The van der Waals surface area contributed by atoms with Crippen LogP contribution >= 0.6 is 11.6 Å². The zero-order chi connectivity index (χ0) is 19.8. The van der Waals surface area contributed by atoms with Gasteiger partial charge in [-0.3, -0.25) is 0 Å². The summed E-state index contributed by atoms with van der Waals surface area (Å²) >= 11 is 5.89. The van der Waals surface area contributed by atoms with Crippen LogP contribution < -0.4 is 4.74 Å². The third-order valence-electron chi connectivity index (χ3n) is 3.79. The third-order valence-corrected chi connectivity index (χ3v) is 5.21. The van der Waals surface area contributed by atoms with Crippen molar-refractivity contribution in [1.29, 1.82) is 4.78 Å². The summed E-state index contributed by atoms with van der Waals surface area (Å²) in [5, 5.41) is 0.0157. The number of nitrogens with one attached hydrogen (secondary N) is 2. The Morgan fingerprint density at radius 2 is 1.89 bits per heavy atom. The van der Waals surface area contributed by atoms with Crippen molar-refractivity contribution in [1.82, 2.24) is 9.97 Å². The largest absolute Gasteiger partial charge is 0.478 e. The van der Waals surface area contributed by atoms with E-state index in [0.717, 1.165) is 0 Å². The average molecular weight is 412 g/mol. The standard InChI is InChI=1S/C18H16ClF2N3O2S/c1-10-18(27(2,22)25)24-17(23-10)16(11-3-8-15(21)14(19)9-11)26-13-6-4-12(20)5-7-13/h3-9,16,22H,1-2H3,(H,23,24)/t16?,27-/m1/s1. The Kier molecular flexibility index (Phi) is 5.21. The molecule has 2 N–H and O–H groups in total. The SMILES string of the molecule is Cc1[nH]c(C(Oc2ccc(F)cc2)c2ccc(F)c(Cl)c2)nc1[S@](C)(=N)=O. The molecular formula is C18H16ClF2N3O2S. The summed E-state index contributed by atoms with van der Waals surface area (Å²) < 4.78 is 52.5. The molecule has 0 spiro atoms. The van der Waals surface area contributed by atoms with Gasteiger partial charge in [0.2, 0.25) is 0 Å². The van der Waals surface area contributed by atoms with Crippen LogP contribution in [0.1, 0.15) is 23.2 Å². The highest BCUT2D eigenvalue weighted by atomic mass is 35.5. The first-order valence-corrected chi connectivity index (χ1v) is 10.2. The maximum absolute atomic E-state index is 13.6. The van der Waals surface area contributed by atoms with Crippen LogP contribution in [0.25, 0.3) is 0 Å². The monoisotopic (exact) mass is 411 g/mol. The van der Waals surface area contributed by atoms with Gasteiger partial charge in [-0.2, -0.15) is 0 Å². The second-order valence-electron chi connectivity index (χ2n) is 6.02. The highest BCUT2D eigenvalue weighted by molar-refractivity contribution is 7.91. The van der Waals surface area contributed by atoms with Gasteiger partial charge in [0.25, 0.3) is 0 Å². The molecule has 0 amide bonds. The minimum absolute atomic E-state index is 0.0940. The zero-order valence-corrected chi connectivity index (χ0v) is 16.0. The van der Waals surface area contributed by atoms with Crippen molar-refractivity contribution in [2.75, 3.05) is 6.26 Å². The summed E-state index contributed by atoms with van der Waals surface area (Å²) in [4.78, 5) is 7.24. The Morgan fingerprint density at radius 1 is 1.22 bits per heavy atom. The fourth-order valence-electron chi connectivity index (χ4n) is 2.58. The van der Waals surface area contributed by atoms with E-state index in [9.17, 15) is 13.0 Å². The molecule has 142 valence electrons. The molecule has 0 bridgehead atoms. The fourth-order valence-corrected chi connectivity index (χ4v) is 3.67. The van der Waals surface area contributed by atoms with E-state index in [1.807, 2.05) is 0 Å². The average Bonchev–Trinajstić information content (AvgIpc) is 2.99. The number of H-pyrrole nitrogens is 1. The van der Waals surface area contributed by atoms with E-state index < -0.39 is 27.5 Å². The van der Waals surface area contributed by atoms with Gasteiger partial charge in [-0.1, -0.05) is 17.7 Å². The van der Waals surface area contributed by atoms with E-state index in [1.54, 1.807) is 6.92 Å². The Labute approximate surface area is 160 Å². The molecule has 1 aromatic heterocycles. The highest BCUT2D eigenvalue weighted by Crippen LogP contribution is 2.30. The van der Waals surface area contributed by atoms with Gasteiger partial charge in [-0.05, 0) is 43.3 Å². The molecule has 0 saturated carbocycles. The van der Waals surface area contributed by atoms with Gasteiger partial charge in [0.1, 0.15) is 17.4 Å². The summed E-state index contributed by atoms with van der Waals surface area (Å²) in [5.41, 5.74) is 0.951. The number of hydrogen-bond acceptors (Lipinski definition) is 4. The van der Waals surface area contributed by atoms with Crippen LogP contribution in [0.2, 0.25) is 5.02 Å². The van der Waals surface area contributed by atoms with Gasteiger partial charge in [0.05, 0.1) is 14.8 Å². The first kappa shape index (κ1) is 19.3. The Balaban J connectivity index is 2.09. The number of halogens is 3. The molecule has 1 heterocycles. The van der Waals surface area contributed by atoms with Gasteiger partial charge < -0.3 is 9.72 Å². The molecule has 27 heavy (non-hydrogen) atoms. The second kappa shape index (κ2) is 7.28. The molecule has 0 saturated heterocycles. The van der Waals surface area contributed by atoms with E-state index in [2.05, 4.69) is 9.97 Å². The minimum Gasteiger partial charge on any atom is -0.478 e. The van der Waals surface area contributed by atoms with Crippen LogP contribution in [0.5, 0.6) is 5.75 Å². The van der Waals surface area contributed by atoms with Crippen LogP contribution in [0, 0.1) is 23.3 Å². The fraction of sp³-hybridized carbons (Fsp3) is 0.167. The summed E-state index contributed by atoms with van der Waals surface area (Å²) in [6.45, 7) is 1.65. The molecule has 5 nitrogen and oxygen atoms in total. The molecular weight excluding hydrogens is 396 g/mol. The smallest absolute Gasteiger partial charge is 0.181 e. The molecule has 1 unspecified atom stereocenters. The van der Waals surface area contributed by atoms with Gasteiger partial charge in [0, 0.05) is 17.5 Å². The highest BCUT2D eigenvalue weighted by Gasteiger charge is 2.24. The lowest BCUT2D eigenvalue weighted by Gasteiger charge is -2.18. The number of ether oxygens (including phenoxy) is 1. The number of hydrogen-bond donors (Lipinski definition) is 2. The van der Waals surface area contributed by atoms with Crippen molar-refractivity contribution in [2.45, 2.75) is 18.1 Å². The van der Waals surface area contributed by atoms with Crippen molar-refractivity contribution in [3.05, 3.63) is 76.2 Å². The molecule has 3 aromatic rings. The van der Waals surface area contributed by atoms with Crippen LogP contribution in [-0.2, 0) is 9.73 Å². The molecule has 0 aliphatic carbocycles. The van der Waals surface area contributed by atoms with E-state index >= 15 is 0 Å². The summed E-state index contributed by atoms with van der Waals surface area (Å²) in [6.07, 6.45) is 0.410. The molecule has 2 atom stereocenters. The first-order valence-electron chi connectivity index (χ1n) is 7.82. The minimum atomic E-state index is -3.06. The van der Waals surface area contributed by atoms with Crippen molar-refractivity contribution < 1.29 is 17.7 Å². The zero-order valence-electron chi connectivity index (χ0n) is 14.4. The predicted molar refractivity (Wildman–Crippen MR) is 98.7 cm³/mol. The summed E-state index contributed by atoms with van der Waals surface area (Å²) in [7, 11) is -3.06. The molecule has 0 aliphatic heterocycles. The van der Waals surface area contributed by atoms with E-state index in [1.165, 1.54) is 48.7 Å². The van der Waals surface area contributed by atoms with Gasteiger partial charge in [0.15, 0.2) is 17.0 Å². The predicted octanol–water partition coefficient (Wildman–Crippen LogP) is 4.85. The Morgan fingerprint density at radius 3 is 2.44 bits per heavy atom. The lowest BCUT2D eigenvalue weighted by Crippen LogP contribution is -2.12. The van der Waals surface area contributed by atoms with Crippen molar-refractivity contribution in [3.63, 3.8) is 0 Å². The summed E-state index contributed by atoms with van der Waals surface area (Å²) in [5.74, 6) is -0.378. The normalized spacial score (nSPS) is 14.6. The van der Waals surface area contributed by atoms with Crippen LogP contribution in [-0.4, -0.2) is 20.4 Å². The number of aromatic nitrogens is 2. The number of nitrogens with zero attached hydrogens (tertiary/aromatic N) is 1. The third kappa shape index (κ3) is 4.28.